The molecule has 8 heteroatoms. The molecule has 4 rings (SSSR count). The smallest absolute Gasteiger partial charge is 0.412 e. The van der Waals surface area contributed by atoms with Crippen molar-refractivity contribution in [3.05, 3.63) is 80.5 Å². The van der Waals surface area contributed by atoms with Crippen LogP contribution < -0.4 is 16.6 Å². The minimum atomic E-state index is -1.01. The van der Waals surface area contributed by atoms with Crippen molar-refractivity contribution in [2.75, 3.05) is 11.9 Å². The Morgan fingerprint density at radius 1 is 1.00 bits per heavy atom. The molecule has 27 heavy (non-hydrogen) atoms. The van der Waals surface area contributed by atoms with Gasteiger partial charge in [-0.15, -0.1) is 0 Å². The highest BCUT2D eigenvalue weighted by Gasteiger charge is 2.29. The Bertz CT molecular complexity index is 1100. The number of nitrogens with one attached hydrogen (secondary N) is 3. The third-order valence-corrected chi connectivity index (χ3v) is 4.49. The summed E-state index contributed by atoms with van der Waals surface area (Å²) < 4.78 is 5.28. The summed E-state index contributed by atoms with van der Waals surface area (Å²) in [6.07, 6.45) is -0.895. The summed E-state index contributed by atoms with van der Waals surface area (Å²) in [5.74, 6) is -1.35. The highest BCUT2D eigenvalue weighted by atomic mass is 16.5. The fourth-order valence-corrected chi connectivity index (χ4v) is 3.31. The van der Waals surface area contributed by atoms with Crippen LogP contribution in [0.4, 0.5) is 10.6 Å². The number of hydrogen-bond donors (Lipinski definition) is 4. The van der Waals surface area contributed by atoms with E-state index in [1.54, 1.807) is 0 Å². The predicted octanol–water partition coefficient (Wildman–Crippen LogP) is 2.13. The zero-order chi connectivity index (χ0) is 19.0. The van der Waals surface area contributed by atoms with Gasteiger partial charge in [-0.25, -0.2) is 9.59 Å². The Balaban J connectivity index is 1.53. The van der Waals surface area contributed by atoms with Crippen molar-refractivity contribution in [2.45, 2.75) is 5.92 Å². The van der Waals surface area contributed by atoms with Gasteiger partial charge in [-0.2, -0.15) is 0 Å². The number of aromatic nitrogens is 2. The van der Waals surface area contributed by atoms with Crippen LogP contribution in [0.15, 0.2) is 58.1 Å². The third kappa shape index (κ3) is 2.97. The van der Waals surface area contributed by atoms with Crippen LogP contribution in [0.5, 0.6) is 5.75 Å². The van der Waals surface area contributed by atoms with Crippen molar-refractivity contribution >= 4 is 11.9 Å². The number of benzene rings is 2. The van der Waals surface area contributed by atoms with Gasteiger partial charge in [0.2, 0.25) is 5.75 Å². The lowest BCUT2D eigenvalue weighted by atomic mass is 9.98. The summed E-state index contributed by atoms with van der Waals surface area (Å²) in [5.41, 5.74) is 2.44. The van der Waals surface area contributed by atoms with E-state index < -0.39 is 28.9 Å². The number of hydrogen-bond acceptors (Lipinski definition) is 5. The number of ether oxygens (including phenoxy) is 1. The third-order valence-electron chi connectivity index (χ3n) is 4.49. The molecule has 2 aromatic carbocycles. The lowest BCUT2D eigenvalue weighted by Gasteiger charge is -2.14. The average Bonchev–Trinajstić information content (AvgIpc) is 2.98. The second-order valence-electron chi connectivity index (χ2n) is 6.08. The van der Waals surface area contributed by atoms with Crippen molar-refractivity contribution in [1.29, 1.82) is 0 Å². The van der Waals surface area contributed by atoms with E-state index in [2.05, 4.69) is 10.3 Å². The Morgan fingerprint density at radius 2 is 1.59 bits per heavy atom. The van der Waals surface area contributed by atoms with E-state index in [-0.39, 0.29) is 12.5 Å². The molecule has 1 aromatic heterocycles. The van der Waals surface area contributed by atoms with Gasteiger partial charge >= 0.3 is 11.8 Å². The number of aromatic hydroxyl groups is 1. The minimum absolute atomic E-state index is 0.0635. The van der Waals surface area contributed by atoms with Crippen LogP contribution >= 0.6 is 0 Å². The van der Waals surface area contributed by atoms with Gasteiger partial charge in [-0.3, -0.25) is 20.1 Å². The van der Waals surface area contributed by atoms with E-state index in [1.807, 2.05) is 53.5 Å². The monoisotopic (exact) mass is 365 g/mol. The van der Waals surface area contributed by atoms with E-state index in [0.717, 1.165) is 22.3 Å². The van der Waals surface area contributed by atoms with Gasteiger partial charge in [0.15, 0.2) is 5.82 Å². The summed E-state index contributed by atoms with van der Waals surface area (Å²) in [5, 5.41) is 11.8. The lowest BCUT2D eigenvalue weighted by Crippen LogP contribution is -2.26. The van der Waals surface area contributed by atoms with E-state index in [4.69, 9.17) is 4.74 Å². The number of H-pyrrole nitrogens is 2. The minimum Gasteiger partial charge on any atom is -0.501 e. The van der Waals surface area contributed by atoms with Gasteiger partial charge in [0.05, 0.1) is 0 Å². The maximum atomic E-state index is 12.1. The molecule has 1 aliphatic carbocycles. The van der Waals surface area contributed by atoms with Crippen LogP contribution in [0, 0.1) is 0 Å². The zero-order valence-corrected chi connectivity index (χ0v) is 14.0. The van der Waals surface area contributed by atoms with Gasteiger partial charge in [-0.05, 0) is 22.3 Å². The van der Waals surface area contributed by atoms with Gasteiger partial charge in [0.1, 0.15) is 6.61 Å². The molecule has 136 valence electrons. The molecule has 0 atom stereocenters. The number of carbonyl (C=O) groups excluding carboxylic acids is 1. The quantitative estimate of drug-likeness (QED) is 0.566. The van der Waals surface area contributed by atoms with Crippen molar-refractivity contribution in [3.8, 4) is 16.9 Å². The number of rotatable bonds is 3. The van der Waals surface area contributed by atoms with E-state index >= 15 is 0 Å². The number of anilines is 1. The summed E-state index contributed by atoms with van der Waals surface area (Å²) in [6.45, 7) is 0.0635. The Labute approximate surface area is 152 Å². The summed E-state index contributed by atoms with van der Waals surface area (Å²) in [6, 6.07) is 15.8. The largest absolute Gasteiger partial charge is 0.501 e. The van der Waals surface area contributed by atoms with E-state index in [9.17, 15) is 19.5 Å². The first-order chi connectivity index (χ1) is 13.0. The molecule has 8 nitrogen and oxygen atoms in total. The van der Waals surface area contributed by atoms with Gasteiger partial charge in [0.25, 0.3) is 5.56 Å². The van der Waals surface area contributed by atoms with Crippen LogP contribution in [-0.4, -0.2) is 27.8 Å². The highest BCUT2D eigenvalue weighted by Crippen LogP contribution is 2.44. The molecule has 0 fully saturated rings. The topological polar surface area (TPSA) is 124 Å². The van der Waals surface area contributed by atoms with Crippen LogP contribution in [0.1, 0.15) is 17.0 Å². The molecule has 0 saturated heterocycles. The highest BCUT2D eigenvalue weighted by molar-refractivity contribution is 5.85. The molecule has 1 heterocycles. The van der Waals surface area contributed by atoms with Gasteiger partial charge in [-0.1, -0.05) is 48.5 Å². The standard InChI is InChI=1S/C19H15N3O5/c23-15-16(20-18(25)22-17(15)24)21-19(26)27-9-14-12-7-3-1-5-10(12)11-6-2-4-8-13(11)14/h1-8,14,23H,9H2,(H3,20,21,22,24,25,26). The Hall–Kier alpha value is -3.81. The normalized spacial score (nSPS) is 12.3. The molecule has 3 aromatic rings. The number of fused-ring (bicyclic) bond motifs is 3. The molecule has 0 radical (unpaired) electrons. The number of aromatic amines is 2. The second-order valence-corrected chi connectivity index (χ2v) is 6.08. The fraction of sp³-hybridized carbons (Fsp3) is 0.105. The summed E-state index contributed by atoms with van der Waals surface area (Å²) >= 11 is 0. The Kier molecular flexibility index (Phi) is 4.00. The molecule has 4 N–H and O–H groups in total. The SMILES string of the molecule is O=C(Nc1[nH]c(=O)[nH]c(=O)c1O)OCC1c2ccccc2-c2ccccc21. The summed E-state index contributed by atoms with van der Waals surface area (Å²) in [7, 11) is 0. The van der Waals surface area contributed by atoms with Crippen molar-refractivity contribution in [1.82, 2.24) is 9.97 Å². The van der Waals surface area contributed by atoms with Gasteiger partial charge in [0, 0.05) is 5.92 Å². The van der Waals surface area contributed by atoms with Crippen LogP contribution in [0.3, 0.4) is 0 Å². The molecule has 0 bridgehead atoms. The maximum Gasteiger partial charge on any atom is 0.412 e. The van der Waals surface area contributed by atoms with E-state index in [1.165, 1.54) is 0 Å². The van der Waals surface area contributed by atoms with Crippen molar-refractivity contribution in [3.63, 3.8) is 0 Å². The zero-order valence-electron chi connectivity index (χ0n) is 14.0. The average molecular weight is 365 g/mol. The second kappa shape index (κ2) is 6.49. The molecule has 0 unspecified atom stereocenters. The van der Waals surface area contributed by atoms with Crippen LogP contribution in [-0.2, 0) is 4.74 Å². The number of carbonyl (C=O) groups is 1. The number of amides is 1. The molecule has 1 amide bonds. The first kappa shape index (κ1) is 16.6. The first-order valence-corrected chi connectivity index (χ1v) is 8.22. The molecular formula is C19H15N3O5. The molecular weight excluding hydrogens is 350 g/mol. The molecule has 1 aliphatic rings. The predicted molar refractivity (Wildman–Crippen MR) is 98.0 cm³/mol. The van der Waals surface area contributed by atoms with Gasteiger partial charge < -0.3 is 9.84 Å². The van der Waals surface area contributed by atoms with E-state index in [0.29, 0.717) is 0 Å². The van der Waals surface area contributed by atoms with Crippen molar-refractivity contribution in [2.24, 2.45) is 0 Å². The Morgan fingerprint density at radius 3 is 2.22 bits per heavy atom. The fourth-order valence-electron chi connectivity index (χ4n) is 3.31. The van der Waals surface area contributed by atoms with Crippen LogP contribution in [0.25, 0.3) is 11.1 Å². The molecule has 0 spiro atoms. The molecule has 0 saturated carbocycles. The lowest BCUT2D eigenvalue weighted by molar-refractivity contribution is 0.158. The molecule has 0 aliphatic heterocycles. The first-order valence-electron chi connectivity index (χ1n) is 8.22. The van der Waals surface area contributed by atoms with Crippen molar-refractivity contribution < 1.29 is 14.6 Å². The summed E-state index contributed by atoms with van der Waals surface area (Å²) in [4.78, 5) is 38.7. The maximum absolute atomic E-state index is 12.1. The van der Waals surface area contributed by atoms with Crippen LogP contribution in [0.2, 0.25) is 0 Å².